The zero-order chi connectivity index (χ0) is 15.3. The Labute approximate surface area is 125 Å². The lowest BCUT2D eigenvalue weighted by molar-refractivity contribution is 0.565. The molecule has 2 rings (SSSR count). The minimum absolute atomic E-state index is 0.159. The second kappa shape index (κ2) is 6.98. The van der Waals surface area contributed by atoms with E-state index in [1.165, 1.54) is 0 Å². The number of benzene rings is 1. The number of nitrogens with two attached hydrogens (primary N) is 1. The Bertz CT molecular complexity index is 694. The van der Waals surface area contributed by atoms with E-state index >= 15 is 0 Å². The third-order valence-electron chi connectivity index (χ3n) is 3.31. The SMILES string of the molecule is CC(N)CCCCNS(=O)(=O)c1cccc2cnccc12. The molecule has 1 heterocycles. The molecule has 1 atom stereocenters. The summed E-state index contributed by atoms with van der Waals surface area (Å²) in [6.07, 6.45) is 5.87. The minimum atomic E-state index is -3.50. The fourth-order valence-electron chi connectivity index (χ4n) is 2.20. The summed E-state index contributed by atoms with van der Waals surface area (Å²) in [5.41, 5.74) is 5.67. The van der Waals surface area contributed by atoms with Gasteiger partial charge in [0.05, 0.1) is 4.90 Å². The molecule has 0 spiro atoms. The van der Waals surface area contributed by atoms with Crippen LogP contribution in [-0.4, -0.2) is 26.0 Å². The molecule has 0 radical (unpaired) electrons. The average Bonchev–Trinajstić information content (AvgIpc) is 2.46. The van der Waals surface area contributed by atoms with E-state index in [0.29, 0.717) is 16.8 Å². The molecule has 21 heavy (non-hydrogen) atoms. The third kappa shape index (κ3) is 4.23. The molecule has 6 heteroatoms. The van der Waals surface area contributed by atoms with Crippen LogP contribution in [0.25, 0.3) is 10.8 Å². The number of hydrogen-bond donors (Lipinski definition) is 2. The smallest absolute Gasteiger partial charge is 0.241 e. The van der Waals surface area contributed by atoms with Gasteiger partial charge in [-0.25, -0.2) is 13.1 Å². The van der Waals surface area contributed by atoms with E-state index in [-0.39, 0.29) is 6.04 Å². The Hall–Kier alpha value is -1.50. The van der Waals surface area contributed by atoms with E-state index in [4.69, 9.17) is 5.73 Å². The van der Waals surface area contributed by atoms with Gasteiger partial charge in [-0.15, -0.1) is 0 Å². The van der Waals surface area contributed by atoms with Crippen LogP contribution in [-0.2, 0) is 10.0 Å². The van der Waals surface area contributed by atoms with Gasteiger partial charge in [0.25, 0.3) is 0 Å². The van der Waals surface area contributed by atoms with Crippen LogP contribution in [0.4, 0.5) is 0 Å². The first kappa shape index (κ1) is 15.9. The van der Waals surface area contributed by atoms with Gasteiger partial charge in [-0.2, -0.15) is 0 Å². The molecule has 0 bridgehead atoms. The second-order valence-corrected chi connectivity index (χ2v) is 6.96. The average molecular weight is 307 g/mol. The van der Waals surface area contributed by atoms with E-state index < -0.39 is 10.0 Å². The molecule has 5 nitrogen and oxygen atoms in total. The summed E-state index contributed by atoms with van der Waals surface area (Å²) < 4.78 is 27.4. The van der Waals surface area contributed by atoms with Crippen molar-refractivity contribution < 1.29 is 8.42 Å². The normalized spacial score (nSPS) is 13.4. The summed E-state index contributed by atoms with van der Waals surface area (Å²) >= 11 is 0. The Morgan fingerprint density at radius 1 is 1.29 bits per heavy atom. The highest BCUT2D eigenvalue weighted by molar-refractivity contribution is 7.89. The number of sulfonamides is 1. The lowest BCUT2D eigenvalue weighted by Crippen LogP contribution is -2.25. The van der Waals surface area contributed by atoms with Crippen molar-refractivity contribution in [2.75, 3.05) is 6.54 Å². The molecule has 0 aliphatic rings. The lowest BCUT2D eigenvalue weighted by Gasteiger charge is -2.10. The number of hydrogen-bond acceptors (Lipinski definition) is 4. The molecule has 1 aromatic carbocycles. The van der Waals surface area contributed by atoms with Gasteiger partial charge < -0.3 is 5.73 Å². The standard InChI is InChI=1S/C15H21N3O2S/c1-12(16)5-2-3-9-18-21(19,20)15-7-4-6-13-11-17-10-8-14(13)15/h4,6-8,10-12,18H,2-3,5,9,16H2,1H3. The van der Waals surface area contributed by atoms with Crippen LogP contribution in [0.15, 0.2) is 41.6 Å². The van der Waals surface area contributed by atoms with Crippen LogP contribution in [0, 0.1) is 0 Å². The van der Waals surface area contributed by atoms with Crippen molar-refractivity contribution in [3.05, 3.63) is 36.7 Å². The number of nitrogens with one attached hydrogen (secondary N) is 1. The van der Waals surface area contributed by atoms with Crippen molar-refractivity contribution in [3.63, 3.8) is 0 Å². The molecule has 0 saturated carbocycles. The Balaban J connectivity index is 2.08. The first-order valence-corrected chi connectivity index (χ1v) is 8.57. The molecule has 1 aromatic heterocycles. The summed E-state index contributed by atoms with van der Waals surface area (Å²) in [4.78, 5) is 4.31. The molecule has 0 amide bonds. The fourth-order valence-corrected chi connectivity index (χ4v) is 3.50. The molecule has 0 fully saturated rings. The van der Waals surface area contributed by atoms with E-state index in [1.54, 1.807) is 30.6 Å². The first-order chi connectivity index (χ1) is 10.0. The molecule has 2 aromatic rings. The van der Waals surface area contributed by atoms with E-state index in [2.05, 4.69) is 9.71 Å². The van der Waals surface area contributed by atoms with E-state index in [1.807, 2.05) is 13.0 Å². The van der Waals surface area contributed by atoms with Crippen molar-refractivity contribution in [2.45, 2.75) is 37.1 Å². The number of fused-ring (bicyclic) bond motifs is 1. The summed E-state index contributed by atoms with van der Waals surface area (Å²) in [6.45, 7) is 2.38. The predicted molar refractivity (Wildman–Crippen MR) is 84.4 cm³/mol. The van der Waals surface area contributed by atoms with Crippen LogP contribution in [0.5, 0.6) is 0 Å². The maximum absolute atomic E-state index is 12.4. The van der Waals surface area contributed by atoms with Crippen LogP contribution in [0.1, 0.15) is 26.2 Å². The van der Waals surface area contributed by atoms with Gasteiger partial charge in [0.1, 0.15) is 0 Å². The Morgan fingerprint density at radius 2 is 2.10 bits per heavy atom. The molecule has 114 valence electrons. The number of rotatable bonds is 7. The number of nitrogens with zero attached hydrogens (tertiary/aromatic N) is 1. The van der Waals surface area contributed by atoms with Crippen LogP contribution in [0.2, 0.25) is 0 Å². The Kier molecular flexibility index (Phi) is 5.27. The van der Waals surface area contributed by atoms with Gasteiger partial charge in [-0.1, -0.05) is 18.6 Å². The highest BCUT2D eigenvalue weighted by atomic mass is 32.2. The van der Waals surface area contributed by atoms with Crippen molar-refractivity contribution in [1.29, 1.82) is 0 Å². The van der Waals surface area contributed by atoms with Crippen LogP contribution < -0.4 is 10.5 Å². The first-order valence-electron chi connectivity index (χ1n) is 7.09. The number of unbranched alkanes of at least 4 members (excludes halogenated alkanes) is 1. The summed E-state index contributed by atoms with van der Waals surface area (Å²) in [5.74, 6) is 0. The summed E-state index contributed by atoms with van der Waals surface area (Å²) in [7, 11) is -3.50. The highest BCUT2D eigenvalue weighted by Crippen LogP contribution is 2.21. The topological polar surface area (TPSA) is 85.1 Å². The predicted octanol–water partition coefficient (Wildman–Crippen LogP) is 2.03. The molecular weight excluding hydrogens is 286 g/mol. The van der Waals surface area contributed by atoms with Crippen molar-refractivity contribution >= 4 is 20.8 Å². The van der Waals surface area contributed by atoms with Gasteiger partial charge >= 0.3 is 0 Å². The summed E-state index contributed by atoms with van der Waals surface area (Å²) in [5, 5.41) is 1.51. The number of pyridine rings is 1. The van der Waals surface area contributed by atoms with Crippen LogP contribution in [0.3, 0.4) is 0 Å². The molecular formula is C15H21N3O2S. The maximum Gasteiger partial charge on any atom is 0.241 e. The largest absolute Gasteiger partial charge is 0.328 e. The van der Waals surface area contributed by atoms with Gasteiger partial charge in [0, 0.05) is 35.8 Å². The quantitative estimate of drug-likeness (QED) is 0.766. The van der Waals surface area contributed by atoms with Crippen molar-refractivity contribution in [2.24, 2.45) is 5.73 Å². The van der Waals surface area contributed by atoms with Gasteiger partial charge in [0.2, 0.25) is 10.0 Å². The zero-order valence-electron chi connectivity index (χ0n) is 12.1. The molecule has 0 saturated heterocycles. The van der Waals surface area contributed by atoms with E-state index in [0.717, 1.165) is 24.6 Å². The van der Waals surface area contributed by atoms with Gasteiger partial charge in [-0.3, -0.25) is 4.98 Å². The lowest BCUT2D eigenvalue weighted by atomic mass is 10.1. The van der Waals surface area contributed by atoms with E-state index in [9.17, 15) is 8.42 Å². The molecule has 0 aliphatic carbocycles. The fraction of sp³-hybridized carbons (Fsp3) is 0.400. The molecule has 0 aliphatic heterocycles. The van der Waals surface area contributed by atoms with Gasteiger partial charge in [-0.05, 0) is 31.9 Å². The number of aromatic nitrogens is 1. The summed E-state index contributed by atoms with van der Waals surface area (Å²) in [6, 6.07) is 7.08. The second-order valence-electron chi connectivity index (χ2n) is 5.22. The third-order valence-corrected chi connectivity index (χ3v) is 4.83. The van der Waals surface area contributed by atoms with Gasteiger partial charge in [0.15, 0.2) is 0 Å². The molecule has 1 unspecified atom stereocenters. The Morgan fingerprint density at radius 3 is 2.86 bits per heavy atom. The van der Waals surface area contributed by atoms with Crippen molar-refractivity contribution in [1.82, 2.24) is 9.71 Å². The maximum atomic E-state index is 12.4. The minimum Gasteiger partial charge on any atom is -0.328 e. The highest BCUT2D eigenvalue weighted by Gasteiger charge is 2.16. The monoisotopic (exact) mass is 307 g/mol. The van der Waals surface area contributed by atoms with Crippen LogP contribution >= 0.6 is 0 Å². The molecule has 3 N–H and O–H groups in total. The zero-order valence-corrected chi connectivity index (χ0v) is 12.9. The van der Waals surface area contributed by atoms with Crippen molar-refractivity contribution in [3.8, 4) is 0 Å².